The number of hydrogen-bond acceptors (Lipinski definition) is 4. The van der Waals surface area contributed by atoms with Crippen molar-refractivity contribution in [3.8, 4) is 0 Å². The zero-order valence-electron chi connectivity index (χ0n) is 9.77. The molecule has 0 radical (unpaired) electrons. The van der Waals surface area contributed by atoms with Gasteiger partial charge in [-0.3, -0.25) is 0 Å². The maximum atomic E-state index is 10.9. The lowest BCUT2D eigenvalue weighted by Gasteiger charge is -2.19. The van der Waals surface area contributed by atoms with Gasteiger partial charge in [0.1, 0.15) is 0 Å². The molecule has 1 atom stereocenters. The maximum Gasteiger partial charge on any atom is 0.331 e. The number of methoxy groups -OCH3 is 1. The van der Waals surface area contributed by atoms with E-state index in [-0.39, 0.29) is 12.0 Å². The van der Waals surface area contributed by atoms with E-state index in [1.807, 2.05) is 6.07 Å². The van der Waals surface area contributed by atoms with Gasteiger partial charge in [0.05, 0.1) is 13.2 Å². The minimum atomic E-state index is -0.346. The normalized spacial score (nSPS) is 13.0. The summed E-state index contributed by atoms with van der Waals surface area (Å²) in [6, 6.07) is 4.36. The zero-order valence-corrected chi connectivity index (χ0v) is 10.6. The molecule has 0 aliphatic rings. The van der Waals surface area contributed by atoms with Gasteiger partial charge in [-0.15, -0.1) is 11.3 Å². The highest BCUT2D eigenvalue weighted by molar-refractivity contribution is 7.10. The summed E-state index contributed by atoms with van der Waals surface area (Å²) in [7, 11) is 1.37. The van der Waals surface area contributed by atoms with Gasteiger partial charge >= 0.3 is 5.97 Å². The standard InChI is InChI=1S/C12H17NO2S/c1-9(2)12(10-5-4-8-16-10)13-7-6-11(14)15-3/h4-9,12-13H,1-3H3/b7-6+. The number of carbonyl (C=O) groups is 1. The minimum Gasteiger partial charge on any atom is -0.466 e. The third kappa shape index (κ3) is 3.70. The molecule has 1 unspecified atom stereocenters. The van der Waals surface area contributed by atoms with Crippen LogP contribution in [0.5, 0.6) is 0 Å². The fourth-order valence-electron chi connectivity index (χ4n) is 1.36. The summed E-state index contributed by atoms with van der Waals surface area (Å²) >= 11 is 1.71. The van der Waals surface area contributed by atoms with Crippen LogP contribution in [0.25, 0.3) is 0 Å². The monoisotopic (exact) mass is 239 g/mol. The van der Waals surface area contributed by atoms with E-state index in [1.165, 1.54) is 18.1 Å². The Bertz CT molecular complexity index is 344. The molecule has 1 aromatic heterocycles. The van der Waals surface area contributed by atoms with Crippen LogP contribution in [0.2, 0.25) is 0 Å². The van der Waals surface area contributed by atoms with E-state index in [4.69, 9.17) is 0 Å². The summed E-state index contributed by atoms with van der Waals surface area (Å²) < 4.78 is 4.52. The van der Waals surface area contributed by atoms with Crippen molar-refractivity contribution >= 4 is 17.3 Å². The van der Waals surface area contributed by atoms with Gasteiger partial charge in [-0.2, -0.15) is 0 Å². The highest BCUT2D eigenvalue weighted by atomic mass is 32.1. The SMILES string of the molecule is COC(=O)/C=C/NC(c1cccs1)C(C)C. The Morgan fingerprint density at radius 1 is 1.56 bits per heavy atom. The maximum absolute atomic E-state index is 10.9. The van der Waals surface area contributed by atoms with E-state index in [9.17, 15) is 4.79 Å². The average molecular weight is 239 g/mol. The van der Waals surface area contributed by atoms with Crippen molar-refractivity contribution in [3.05, 3.63) is 34.7 Å². The topological polar surface area (TPSA) is 38.3 Å². The van der Waals surface area contributed by atoms with E-state index in [0.29, 0.717) is 5.92 Å². The van der Waals surface area contributed by atoms with Crippen molar-refractivity contribution in [1.82, 2.24) is 5.32 Å². The van der Waals surface area contributed by atoms with Crippen molar-refractivity contribution in [2.24, 2.45) is 5.92 Å². The van der Waals surface area contributed by atoms with Gasteiger partial charge in [0, 0.05) is 17.2 Å². The average Bonchev–Trinajstić information content (AvgIpc) is 2.76. The van der Waals surface area contributed by atoms with Gasteiger partial charge in [0.25, 0.3) is 0 Å². The largest absolute Gasteiger partial charge is 0.466 e. The highest BCUT2D eigenvalue weighted by Crippen LogP contribution is 2.25. The fourth-order valence-corrected chi connectivity index (χ4v) is 2.32. The quantitative estimate of drug-likeness (QED) is 0.634. The lowest BCUT2D eigenvalue weighted by molar-refractivity contribution is -0.134. The zero-order chi connectivity index (χ0) is 12.0. The van der Waals surface area contributed by atoms with E-state index in [2.05, 4.69) is 35.3 Å². The van der Waals surface area contributed by atoms with Crippen LogP contribution < -0.4 is 5.32 Å². The van der Waals surface area contributed by atoms with E-state index >= 15 is 0 Å². The third-order valence-electron chi connectivity index (χ3n) is 2.21. The Morgan fingerprint density at radius 3 is 2.81 bits per heavy atom. The molecule has 0 saturated heterocycles. The van der Waals surface area contributed by atoms with Crippen LogP contribution in [0.15, 0.2) is 29.8 Å². The summed E-state index contributed by atoms with van der Waals surface area (Å²) in [6.07, 6.45) is 3.04. The molecule has 0 aliphatic heterocycles. The summed E-state index contributed by atoms with van der Waals surface area (Å²) in [5.41, 5.74) is 0. The van der Waals surface area contributed by atoms with Crippen molar-refractivity contribution in [2.45, 2.75) is 19.9 Å². The summed E-state index contributed by atoms with van der Waals surface area (Å²) in [6.45, 7) is 4.28. The van der Waals surface area contributed by atoms with Crippen molar-refractivity contribution in [1.29, 1.82) is 0 Å². The van der Waals surface area contributed by atoms with Crippen molar-refractivity contribution in [2.75, 3.05) is 7.11 Å². The lowest BCUT2D eigenvalue weighted by atomic mass is 10.0. The molecule has 0 fully saturated rings. The molecule has 0 amide bonds. The molecule has 4 heteroatoms. The van der Waals surface area contributed by atoms with Crippen LogP contribution in [0.4, 0.5) is 0 Å². The molecule has 0 spiro atoms. The third-order valence-corrected chi connectivity index (χ3v) is 3.17. The molecule has 16 heavy (non-hydrogen) atoms. The first-order valence-electron chi connectivity index (χ1n) is 5.19. The van der Waals surface area contributed by atoms with Crippen LogP contribution >= 0.6 is 11.3 Å². The van der Waals surface area contributed by atoms with Gasteiger partial charge in [-0.25, -0.2) is 4.79 Å². The van der Waals surface area contributed by atoms with Gasteiger partial charge in [-0.1, -0.05) is 19.9 Å². The van der Waals surface area contributed by atoms with E-state index < -0.39 is 0 Å². The molecule has 3 nitrogen and oxygen atoms in total. The smallest absolute Gasteiger partial charge is 0.331 e. The van der Waals surface area contributed by atoms with Gasteiger partial charge in [0.2, 0.25) is 0 Å². The Balaban J connectivity index is 2.60. The molecule has 1 rings (SSSR count). The Labute approximate surface area is 100 Å². The van der Waals surface area contributed by atoms with Crippen LogP contribution in [0.1, 0.15) is 24.8 Å². The first-order chi connectivity index (χ1) is 7.65. The van der Waals surface area contributed by atoms with Crippen LogP contribution in [0, 0.1) is 5.92 Å². The minimum absolute atomic E-state index is 0.237. The molecule has 1 N–H and O–H groups in total. The number of esters is 1. The number of rotatable bonds is 5. The first-order valence-corrected chi connectivity index (χ1v) is 6.07. The summed E-state index contributed by atoms with van der Waals surface area (Å²) in [5, 5.41) is 5.27. The summed E-state index contributed by atoms with van der Waals surface area (Å²) in [5.74, 6) is 0.113. The second-order valence-corrected chi connectivity index (χ2v) is 4.74. The number of thiophene rings is 1. The second-order valence-electron chi connectivity index (χ2n) is 3.76. The Kier molecular flexibility index (Phi) is 5.05. The molecule has 1 heterocycles. The van der Waals surface area contributed by atoms with E-state index in [1.54, 1.807) is 17.5 Å². The number of hydrogen-bond donors (Lipinski definition) is 1. The molecule has 88 valence electrons. The molecule has 0 aromatic carbocycles. The molecule has 0 bridgehead atoms. The predicted molar refractivity (Wildman–Crippen MR) is 66.2 cm³/mol. The summed E-state index contributed by atoms with van der Waals surface area (Å²) in [4.78, 5) is 12.2. The number of nitrogens with one attached hydrogen (secondary N) is 1. The predicted octanol–water partition coefficient (Wildman–Crippen LogP) is 2.72. The van der Waals surface area contributed by atoms with Crippen molar-refractivity contribution in [3.63, 3.8) is 0 Å². The lowest BCUT2D eigenvalue weighted by Crippen LogP contribution is -2.20. The Morgan fingerprint density at radius 2 is 2.31 bits per heavy atom. The second kappa shape index (κ2) is 6.33. The molecule has 1 aromatic rings. The molecule has 0 aliphatic carbocycles. The van der Waals surface area contributed by atoms with Gasteiger partial charge < -0.3 is 10.1 Å². The molecule has 0 saturated carbocycles. The number of carbonyl (C=O) groups excluding carboxylic acids is 1. The molecular weight excluding hydrogens is 222 g/mol. The first kappa shape index (κ1) is 12.8. The van der Waals surface area contributed by atoms with Crippen LogP contribution in [-0.2, 0) is 9.53 Å². The van der Waals surface area contributed by atoms with Gasteiger partial charge in [-0.05, 0) is 17.4 Å². The highest BCUT2D eigenvalue weighted by Gasteiger charge is 2.14. The van der Waals surface area contributed by atoms with Crippen molar-refractivity contribution < 1.29 is 9.53 Å². The van der Waals surface area contributed by atoms with E-state index in [0.717, 1.165) is 0 Å². The van der Waals surface area contributed by atoms with Crippen LogP contribution in [0.3, 0.4) is 0 Å². The number of ether oxygens (including phenoxy) is 1. The van der Waals surface area contributed by atoms with Gasteiger partial charge in [0.15, 0.2) is 0 Å². The fraction of sp³-hybridized carbons (Fsp3) is 0.417. The van der Waals surface area contributed by atoms with Crippen LogP contribution in [-0.4, -0.2) is 13.1 Å². The molecular formula is C12H17NO2S. The Hall–Kier alpha value is -1.29.